The van der Waals surface area contributed by atoms with E-state index in [-0.39, 0.29) is 0 Å². The van der Waals surface area contributed by atoms with Gasteiger partial charge in [0.05, 0.1) is 6.26 Å². The highest BCUT2D eigenvalue weighted by Crippen LogP contribution is 2.60. The van der Waals surface area contributed by atoms with Gasteiger partial charge in [-0.2, -0.15) is 0 Å². The first-order valence-corrected chi connectivity index (χ1v) is 8.53. The monoisotopic (exact) mass is 292 g/mol. The normalized spacial score (nSPS) is 33.2. The molecule has 4 rings (SSSR count). The van der Waals surface area contributed by atoms with Gasteiger partial charge in [0.25, 0.3) is 0 Å². The van der Waals surface area contributed by atoms with Crippen LogP contribution in [0, 0.1) is 11.8 Å². The highest BCUT2D eigenvalue weighted by molar-refractivity contribution is 5.86. The van der Waals surface area contributed by atoms with Crippen LogP contribution in [-0.2, 0) is 10.2 Å². The molecule has 2 aliphatic rings. The number of fused-ring (bicyclic) bond motifs is 3. The molecule has 0 saturated heterocycles. The fourth-order valence-electron chi connectivity index (χ4n) is 5.29. The molecule has 4 atom stereocenters. The predicted molar refractivity (Wildman–Crippen MR) is 91.8 cm³/mol. The maximum atomic E-state index is 5.76. The van der Waals surface area contributed by atoms with Gasteiger partial charge in [-0.1, -0.05) is 56.0 Å². The molecule has 2 fully saturated rings. The molecule has 2 aromatic carbocycles. The molecular formula is C21H24O. The average molecular weight is 292 g/mol. The van der Waals surface area contributed by atoms with Crippen molar-refractivity contribution in [1.29, 1.82) is 0 Å². The maximum absolute atomic E-state index is 5.76. The fraction of sp³-hybridized carbons (Fsp3) is 0.429. The highest BCUT2D eigenvalue weighted by atomic mass is 16.5. The van der Waals surface area contributed by atoms with Gasteiger partial charge in [0.1, 0.15) is 6.10 Å². The molecule has 0 aliphatic heterocycles. The Labute approximate surface area is 133 Å². The van der Waals surface area contributed by atoms with E-state index >= 15 is 0 Å². The minimum atomic E-state index is 0.340. The molecule has 22 heavy (non-hydrogen) atoms. The summed E-state index contributed by atoms with van der Waals surface area (Å²) in [5.74, 6) is 1.44. The zero-order valence-electron chi connectivity index (χ0n) is 13.3. The molecule has 0 N–H and O–H groups in total. The molecule has 2 aromatic rings. The van der Waals surface area contributed by atoms with Crippen LogP contribution in [0.3, 0.4) is 0 Å². The minimum absolute atomic E-state index is 0.340. The molecule has 0 aromatic heterocycles. The highest BCUT2D eigenvalue weighted by Gasteiger charge is 2.55. The molecule has 2 bridgehead atoms. The summed E-state index contributed by atoms with van der Waals surface area (Å²) in [6, 6.07) is 15.7. The third kappa shape index (κ3) is 1.84. The number of ether oxygens (including phenoxy) is 1. The van der Waals surface area contributed by atoms with Gasteiger partial charge in [-0.05, 0) is 59.3 Å². The molecule has 0 heterocycles. The van der Waals surface area contributed by atoms with E-state index in [1.165, 1.54) is 36.5 Å². The van der Waals surface area contributed by atoms with Crippen molar-refractivity contribution in [2.24, 2.45) is 11.8 Å². The second-order valence-corrected chi connectivity index (χ2v) is 7.01. The van der Waals surface area contributed by atoms with Crippen molar-refractivity contribution < 1.29 is 4.74 Å². The summed E-state index contributed by atoms with van der Waals surface area (Å²) in [6.45, 7) is 6.11. The molecule has 1 nitrogen and oxygen atoms in total. The van der Waals surface area contributed by atoms with Gasteiger partial charge in [-0.3, -0.25) is 0 Å². The van der Waals surface area contributed by atoms with E-state index in [0.29, 0.717) is 17.4 Å². The Hall–Kier alpha value is -1.76. The summed E-state index contributed by atoms with van der Waals surface area (Å²) in [5, 5.41) is 2.81. The lowest BCUT2D eigenvalue weighted by Gasteiger charge is -2.40. The van der Waals surface area contributed by atoms with E-state index in [4.69, 9.17) is 4.74 Å². The van der Waals surface area contributed by atoms with Gasteiger partial charge >= 0.3 is 0 Å². The van der Waals surface area contributed by atoms with Crippen LogP contribution in [0.4, 0.5) is 0 Å². The van der Waals surface area contributed by atoms with E-state index < -0.39 is 0 Å². The van der Waals surface area contributed by atoms with Crippen LogP contribution in [0.2, 0.25) is 0 Å². The number of hydrogen-bond acceptors (Lipinski definition) is 1. The maximum Gasteiger partial charge on any atom is 0.101 e. The summed E-state index contributed by atoms with van der Waals surface area (Å²) in [5.41, 5.74) is 1.91. The minimum Gasteiger partial charge on any atom is -0.498 e. The Kier molecular flexibility index (Phi) is 3.25. The van der Waals surface area contributed by atoms with E-state index in [9.17, 15) is 0 Å². The lowest BCUT2D eigenvalue weighted by atomic mass is 9.65. The van der Waals surface area contributed by atoms with Crippen LogP contribution in [0.15, 0.2) is 55.3 Å². The zero-order valence-corrected chi connectivity index (χ0v) is 13.3. The third-order valence-corrected chi connectivity index (χ3v) is 6.27. The number of hydrogen-bond donors (Lipinski definition) is 0. The van der Waals surface area contributed by atoms with Crippen molar-refractivity contribution >= 4 is 10.8 Å². The number of rotatable bonds is 4. The predicted octanol–water partition coefficient (Wildman–Crippen LogP) is 5.45. The molecule has 0 spiro atoms. The SMILES string of the molecule is C=COC1CC2CC1CC2(CC)c1cccc2ccccc12. The average Bonchev–Trinajstić information content (AvgIpc) is 3.13. The van der Waals surface area contributed by atoms with Crippen molar-refractivity contribution in [2.75, 3.05) is 0 Å². The number of benzene rings is 2. The molecule has 2 aliphatic carbocycles. The summed E-state index contributed by atoms with van der Waals surface area (Å²) in [7, 11) is 0. The van der Waals surface area contributed by atoms with Crippen molar-refractivity contribution in [3.63, 3.8) is 0 Å². The van der Waals surface area contributed by atoms with Gasteiger partial charge in [-0.15, -0.1) is 0 Å². The van der Waals surface area contributed by atoms with Crippen LogP contribution in [-0.4, -0.2) is 6.10 Å². The van der Waals surface area contributed by atoms with E-state index in [2.05, 4.69) is 56.0 Å². The van der Waals surface area contributed by atoms with Crippen LogP contribution in [0.5, 0.6) is 0 Å². The van der Waals surface area contributed by atoms with Gasteiger partial charge < -0.3 is 4.74 Å². The third-order valence-electron chi connectivity index (χ3n) is 6.27. The van der Waals surface area contributed by atoms with Crippen molar-refractivity contribution in [1.82, 2.24) is 0 Å². The summed E-state index contributed by atoms with van der Waals surface area (Å²) in [4.78, 5) is 0. The van der Waals surface area contributed by atoms with Crippen LogP contribution in [0.25, 0.3) is 10.8 Å². The first-order valence-electron chi connectivity index (χ1n) is 8.53. The van der Waals surface area contributed by atoms with Gasteiger partial charge in [0.2, 0.25) is 0 Å². The van der Waals surface area contributed by atoms with E-state index in [1.54, 1.807) is 11.8 Å². The molecule has 0 amide bonds. The van der Waals surface area contributed by atoms with Crippen molar-refractivity contribution in [2.45, 2.75) is 44.1 Å². The first-order chi connectivity index (χ1) is 10.8. The zero-order chi connectivity index (χ0) is 15.2. The summed E-state index contributed by atoms with van der Waals surface area (Å²) >= 11 is 0. The summed E-state index contributed by atoms with van der Waals surface area (Å²) in [6.07, 6.45) is 7.03. The lowest BCUT2D eigenvalue weighted by molar-refractivity contribution is 0.0655. The molecular weight excluding hydrogens is 268 g/mol. The summed E-state index contributed by atoms with van der Waals surface area (Å²) < 4.78 is 5.76. The van der Waals surface area contributed by atoms with Gasteiger partial charge in [0.15, 0.2) is 0 Å². The Morgan fingerprint density at radius 1 is 1.18 bits per heavy atom. The Bertz CT molecular complexity index is 699. The van der Waals surface area contributed by atoms with Gasteiger partial charge in [-0.25, -0.2) is 0 Å². The lowest BCUT2D eigenvalue weighted by Crippen LogP contribution is -2.36. The smallest absolute Gasteiger partial charge is 0.101 e. The second-order valence-electron chi connectivity index (χ2n) is 7.01. The Morgan fingerprint density at radius 3 is 2.73 bits per heavy atom. The quantitative estimate of drug-likeness (QED) is 0.681. The van der Waals surface area contributed by atoms with Crippen LogP contribution >= 0.6 is 0 Å². The molecule has 4 unspecified atom stereocenters. The van der Waals surface area contributed by atoms with Gasteiger partial charge in [0, 0.05) is 0 Å². The molecule has 114 valence electrons. The Balaban J connectivity index is 1.79. The first kappa shape index (κ1) is 13.9. The molecule has 2 saturated carbocycles. The van der Waals surface area contributed by atoms with Crippen LogP contribution < -0.4 is 0 Å². The van der Waals surface area contributed by atoms with E-state index in [1.807, 2.05) is 0 Å². The van der Waals surface area contributed by atoms with Crippen molar-refractivity contribution in [3.05, 3.63) is 60.9 Å². The molecule has 1 heteroatoms. The Morgan fingerprint density at radius 2 is 2.00 bits per heavy atom. The largest absolute Gasteiger partial charge is 0.498 e. The standard InChI is InChI=1S/C21H24O/c1-3-21(14-16-12-17(21)13-20(16)22-4-2)19-11-7-9-15-8-5-6-10-18(15)19/h4-11,16-17,20H,2-3,12-14H2,1H3. The fourth-order valence-corrected chi connectivity index (χ4v) is 5.29. The van der Waals surface area contributed by atoms with Crippen molar-refractivity contribution in [3.8, 4) is 0 Å². The topological polar surface area (TPSA) is 9.23 Å². The van der Waals surface area contributed by atoms with Crippen LogP contribution in [0.1, 0.15) is 38.2 Å². The van der Waals surface area contributed by atoms with E-state index in [0.717, 1.165) is 5.92 Å². The second kappa shape index (κ2) is 5.15. The molecule has 0 radical (unpaired) electrons.